The van der Waals surface area contributed by atoms with E-state index in [4.69, 9.17) is 4.74 Å². The fraction of sp³-hybridized carbons (Fsp3) is 0.250. The summed E-state index contributed by atoms with van der Waals surface area (Å²) >= 11 is 1.33. The highest BCUT2D eigenvalue weighted by Crippen LogP contribution is 2.33. The van der Waals surface area contributed by atoms with Crippen molar-refractivity contribution in [1.29, 1.82) is 0 Å². The van der Waals surface area contributed by atoms with Gasteiger partial charge in [-0.15, -0.1) is 11.3 Å². The lowest BCUT2D eigenvalue weighted by molar-refractivity contribution is -0.115. The zero-order chi connectivity index (χ0) is 16.3. The van der Waals surface area contributed by atoms with Crippen LogP contribution in [0.1, 0.15) is 26.4 Å². The van der Waals surface area contributed by atoms with Crippen LogP contribution in [-0.2, 0) is 16.0 Å². The van der Waals surface area contributed by atoms with Crippen molar-refractivity contribution >= 4 is 28.2 Å². The standard InChI is InChI=1S/C16H16FNO3S/c1-9-10(2)22-15(14(9)16(20)21-3)18-13(19)8-11-4-6-12(17)7-5-11/h4-7H,8H2,1-3H3,(H,18,19). The molecule has 2 rings (SSSR count). The van der Waals surface area contributed by atoms with E-state index in [1.54, 1.807) is 12.1 Å². The molecule has 116 valence electrons. The van der Waals surface area contributed by atoms with E-state index in [1.807, 2.05) is 13.8 Å². The Balaban J connectivity index is 2.16. The maximum atomic E-state index is 12.8. The van der Waals surface area contributed by atoms with Gasteiger partial charge < -0.3 is 10.1 Å². The first-order chi connectivity index (χ1) is 10.4. The molecular weight excluding hydrogens is 305 g/mol. The molecule has 0 saturated heterocycles. The molecule has 0 aliphatic heterocycles. The van der Waals surface area contributed by atoms with Gasteiger partial charge in [0.05, 0.1) is 19.1 Å². The lowest BCUT2D eigenvalue weighted by Gasteiger charge is -2.06. The zero-order valence-electron chi connectivity index (χ0n) is 12.5. The normalized spacial score (nSPS) is 10.4. The van der Waals surface area contributed by atoms with Gasteiger partial charge in [0, 0.05) is 4.88 Å². The average molecular weight is 321 g/mol. The summed E-state index contributed by atoms with van der Waals surface area (Å²) in [6, 6.07) is 5.73. The van der Waals surface area contributed by atoms with Crippen LogP contribution in [0, 0.1) is 19.7 Å². The van der Waals surface area contributed by atoms with Crippen LogP contribution in [0.25, 0.3) is 0 Å². The number of rotatable bonds is 4. The second-order valence-electron chi connectivity index (χ2n) is 4.83. The number of nitrogens with one attached hydrogen (secondary N) is 1. The minimum absolute atomic E-state index is 0.108. The number of anilines is 1. The van der Waals surface area contributed by atoms with Gasteiger partial charge in [-0.3, -0.25) is 4.79 Å². The van der Waals surface area contributed by atoms with Crippen molar-refractivity contribution in [2.75, 3.05) is 12.4 Å². The van der Waals surface area contributed by atoms with Crippen molar-refractivity contribution in [1.82, 2.24) is 0 Å². The molecule has 0 unspecified atom stereocenters. The quantitative estimate of drug-likeness (QED) is 0.877. The first-order valence-electron chi connectivity index (χ1n) is 6.65. The van der Waals surface area contributed by atoms with E-state index >= 15 is 0 Å². The van der Waals surface area contributed by atoms with Crippen LogP contribution in [-0.4, -0.2) is 19.0 Å². The molecule has 1 amide bonds. The summed E-state index contributed by atoms with van der Waals surface area (Å²) in [5.41, 5.74) is 1.88. The molecule has 0 radical (unpaired) electrons. The molecule has 2 aromatic rings. The van der Waals surface area contributed by atoms with E-state index in [0.29, 0.717) is 16.1 Å². The average Bonchev–Trinajstić information content (AvgIpc) is 2.75. The predicted octanol–water partition coefficient (Wildman–Crippen LogP) is 3.47. The number of halogens is 1. The molecule has 1 aromatic heterocycles. The number of hydrogen-bond donors (Lipinski definition) is 1. The molecule has 6 heteroatoms. The number of hydrogen-bond acceptors (Lipinski definition) is 4. The van der Waals surface area contributed by atoms with Gasteiger partial charge in [0.1, 0.15) is 10.8 Å². The van der Waals surface area contributed by atoms with Crippen molar-refractivity contribution in [3.63, 3.8) is 0 Å². The molecule has 1 heterocycles. The third kappa shape index (κ3) is 3.51. The molecular formula is C16H16FNO3S. The fourth-order valence-electron chi connectivity index (χ4n) is 2.02. The first-order valence-corrected chi connectivity index (χ1v) is 7.46. The van der Waals surface area contributed by atoms with Crippen LogP contribution in [0.5, 0.6) is 0 Å². The molecule has 4 nitrogen and oxygen atoms in total. The van der Waals surface area contributed by atoms with Gasteiger partial charge in [0.25, 0.3) is 0 Å². The minimum Gasteiger partial charge on any atom is -0.465 e. The van der Waals surface area contributed by atoms with E-state index in [1.165, 1.54) is 30.6 Å². The van der Waals surface area contributed by atoms with Gasteiger partial charge in [-0.05, 0) is 37.1 Å². The molecule has 0 atom stereocenters. The summed E-state index contributed by atoms with van der Waals surface area (Å²) in [5.74, 6) is -1.08. The third-order valence-electron chi connectivity index (χ3n) is 3.31. The summed E-state index contributed by atoms with van der Waals surface area (Å²) in [4.78, 5) is 24.9. The molecule has 22 heavy (non-hydrogen) atoms. The molecule has 0 aliphatic rings. The predicted molar refractivity (Wildman–Crippen MR) is 83.9 cm³/mol. The number of carbonyl (C=O) groups excluding carboxylic acids is 2. The molecule has 0 spiro atoms. The van der Waals surface area contributed by atoms with Crippen molar-refractivity contribution in [2.24, 2.45) is 0 Å². The molecule has 0 fully saturated rings. The second-order valence-corrected chi connectivity index (χ2v) is 6.06. The van der Waals surface area contributed by atoms with Gasteiger partial charge >= 0.3 is 5.97 Å². The Morgan fingerprint density at radius 1 is 1.23 bits per heavy atom. The highest BCUT2D eigenvalue weighted by atomic mass is 32.1. The number of ether oxygens (including phenoxy) is 1. The number of methoxy groups -OCH3 is 1. The topological polar surface area (TPSA) is 55.4 Å². The van der Waals surface area contributed by atoms with E-state index < -0.39 is 5.97 Å². The van der Waals surface area contributed by atoms with Crippen molar-refractivity contribution in [3.8, 4) is 0 Å². The van der Waals surface area contributed by atoms with Crippen LogP contribution in [0.4, 0.5) is 9.39 Å². The zero-order valence-corrected chi connectivity index (χ0v) is 13.3. The van der Waals surface area contributed by atoms with Crippen molar-refractivity contribution in [2.45, 2.75) is 20.3 Å². The number of thiophene rings is 1. The van der Waals surface area contributed by atoms with E-state index in [-0.39, 0.29) is 18.1 Å². The molecule has 1 N–H and O–H groups in total. The molecule has 0 aliphatic carbocycles. The Kier molecular flexibility index (Phi) is 4.92. The van der Waals surface area contributed by atoms with Gasteiger partial charge in [-0.2, -0.15) is 0 Å². The van der Waals surface area contributed by atoms with E-state index in [9.17, 15) is 14.0 Å². The number of esters is 1. The van der Waals surface area contributed by atoms with Crippen LogP contribution in [0.15, 0.2) is 24.3 Å². The number of aryl methyl sites for hydroxylation is 1. The fourth-order valence-corrected chi connectivity index (χ4v) is 3.09. The number of amides is 1. The third-order valence-corrected chi connectivity index (χ3v) is 4.43. The number of benzene rings is 1. The van der Waals surface area contributed by atoms with Gasteiger partial charge in [-0.1, -0.05) is 12.1 Å². The molecule has 0 bridgehead atoms. The summed E-state index contributed by atoms with van der Waals surface area (Å²) < 4.78 is 17.6. The molecule has 1 aromatic carbocycles. The summed E-state index contributed by atoms with van der Waals surface area (Å²) in [6.45, 7) is 3.69. The minimum atomic E-state index is -0.473. The van der Waals surface area contributed by atoms with Crippen LogP contribution < -0.4 is 5.32 Å². The van der Waals surface area contributed by atoms with E-state index in [2.05, 4.69) is 5.32 Å². The van der Waals surface area contributed by atoms with Crippen molar-refractivity contribution in [3.05, 3.63) is 51.7 Å². The Morgan fingerprint density at radius 3 is 2.45 bits per heavy atom. The SMILES string of the molecule is COC(=O)c1c(NC(=O)Cc2ccc(F)cc2)sc(C)c1C. The van der Waals surface area contributed by atoms with E-state index in [0.717, 1.165) is 10.4 Å². The lowest BCUT2D eigenvalue weighted by Crippen LogP contribution is -2.16. The Labute approximate surface area is 131 Å². The van der Waals surface area contributed by atoms with Gasteiger partial charge in [0.15, 0.2) is 0 Å². The Bertz CT molecular complexity index is 707. The van der Waals surface area contributed by atoms with Gasteiger partial charge in [0.2, 0.25) is 5.91 Å². The first kappa shape index (κ1) is 16.2. The van der Waals surface area contributed by atoms with Crippen LogP contribution in [0.3, 0.4) is 0 Å². The lowest BCUT2D eigenvalue weighted by atomic mass is 10.1. The van der Waals surface area contributed by atoms with Crippen LogP contribution in [0.2, 0.25) is 0 Å². The van der Waals surface area contributed by atoms with Gasteiger partial charge in [-0.25, -0.2) is 9.18 Å². The van der Waals surface area contributed by atoms with Crippen LogP contribution >= 0.6 is 11.3 Å². The van der Waals surface area contributed by atoms with Crippen molar-refractivity contribution < 1.29 is 18.7 Å². The monoisotopic (exact) mass is 321 g/mol. The highest BCUT2D eigenvalue weighted by molar-refractivity contribution is 7.16. The summed E-state index contributed by atoms with van der Waals surface area (Å²) in [6.07, 6.45) is 0.108. The number of carbonyl (C=O) groups is 2. The maximum Gasteiger partial charge on any atom is 0.341 e. The second kappa shape index (κ2) is 6.70. The Hall–Kier alpha value is -2.21. The summed E-state index contributed by atoms with van der Waals surface area (Å²) in [7, 11) is 1.30. The Morgan fingerprint density at radius 2 is 1.86 bits per heavy atom. The highest BCUT2D eigenvalue weighted by Gasteiger charge is 2.21. The smallest absolute Gasteiger partial charge is 0.341 e. The summed E-state index contributed by atoms with van der Waals surface area (Å²) in [5, 5.41) is 3.22. The molecule has 0 saturated carbocycles. The maximum absolute atomic E-state index is 12.8. The largest absolute Gasteiger partial charge is 0.465 e.